The minimum absolute atomic E-state index is 0.120. The van der Waals surface area contributed by atoms with Gasteiger partial charge < -0.3 is 18.9 Å². The van der Waals surface area contributed by atoms with Crippen LogP contribution in [-0.4, -0.2) is 25.6 Å². The van der Waals surface area contributed by atoms with Gasteiger partial charge in [-0.2, -0.15) is 0 Å². The topological polar surface area (TPSA) is 36.9 Å². The molecule has 3 rings (SSSR count). The molecule has 0 radical (unpaired) electrons. The molecule has 0 amide bonds. The van der Waals surface area contributed by atoms with E-state index in [-0.39, 0.29) is 12.4 Å². The number of rotatable bonds is 8. The summed E-state index contributed by atoms with van der Waals surface area (Å²) in [4.78, 5) is 0. The van der Waals surface area contributed by atoms with Gasteiger partial charge in [0.25, 0.3) is 0 Å². The molecule has 1 aliphatic heterocycles. The zero-order chi connectivity index (χ0) is 18.2. The molecule has 0 aromatic heterocycles. The summed E-state index contributed by atoms with van der Waals surface area (Å²) in [6.45, 7) is 5.89. The smallest absolute Gasteiger partial charge is 0.161 e. The third-order valence-electron chi connectivity index (χ3n) is 3.91. The van der Waals surface area contributed by atoms with Crippen LogP contribution in [0.3, 0.4) is 0 Å². The van der Waals surface area contributed by atoms with E-state index in [1.807, 2.05) is 56.3 Å². The van der Waals surface area contributed by atoms with Crippen LogP contribution in [0.25, 0.3) is 6.08 Å². The maximum atomic E-state index is 6.07. The Balaban J connectivity index is 1.71. The van der Waals surface area contributed by atoms with Gasteiger partial charge in [-0.15, -0.1) is 0 Å². The highest BCUT2D eigenvalue weighted by molar-refractivity contribution is 5.59. The van der Waals surface area contributed by atoms with Crippen LogP contribution in [0.2, 0.25) is 0 Å². The zero-order valence-electron chi connectivity index (χ0n) is 15.4. The van der Waals surface area contributed by atoms with Crippen molar-refractivity contribution in [1.82, 2.24) is 0 Å². The van der Waals surface area contributed by atoms with Gasteiger partial charge in [-0.05, 0) is 31.5 Å². The summed E-state index contributed by atoms with van der Waals surface area (Å²) < 4.78 is 22.8. The van der Waals surface area contributed by atoms with Gasteiger partial charge >= 0.3 is 0 Å². The fourth-order valence-electron chi connectivity index (χ4n) is 2.71. The van der Waals surface area contributed by atoms with Crippen LogP contribution in [0.5, 0.6) is 11.5 Å². The normalized spacial score (nSPS) is 15.0. The highest BCUT2D eigenvalue weighted by Gasteiger charge is 2.13. The first kappa shape index (κ1) is 18.5. The quantitative estimate of drug-likeness (QED) is 0.680. The Hall–Kier alpha value is -2.30. The summed E-state index contributed by atoms with van der Waals surface area (Å²) in [7, 11) is 0. The standard InChI is InChI=1S/C22H26O4/c1-17(2)26-20-12-11-19(9-6-10-22-23-13-14-24-22)21(15-20)25-16-18-7-4-3-5-8-18/h3-9,11-12,15,17,22H,10,13-14,16H2,1-2H3. The van der Waals surface area contributed by atoms with E-state index in [2.05, 4.69) is 18.2 Å². The van der Waals surface area contributed by atoms with E-state index in [0.717, 1.165) is 29.0 Å². The Labute approximate surface area is 155 Å². The summed E-state index contributed by atoms with van der Waals surface area (Å²) in [6.07, 6.45) is 4.81. The van der Waals surface area contributed by atoms with E-state index in [1.165, 1.54) is 0 Å². The second kappa shape index (κ2) is 9.41. The van der Waals surface area contributed by atoms with Crippen molar-refractivity contribution in [3.05, 3.63) is 65.7 Å². The second-order valence-electron chi connectivity index (χ2n) is 6.45. The molecule has 4 heteroatoms. The van der Waals surface area contributed by atoms with E-state index >= 15 is 0 Å². The summed E-state index contributed by atoms with van der Waals surface area (Å²) >= 11 is 0. The summed E-state index contributed by atoms with van der Waals surface area (Å²) in [6, 6.07) is 16.1. The molecule has 0 saturated carbocycles. The van der Waals surface area contributed by atoms with Crippen LogP contribution in [0.4, 0.5) is 0 Å². The molecule has 138 valence electrons. The minimum atomic E-state index is -0.136. The Morgan fingerprint density at radius 1 is 1.08 bits per heavy atom. The van der Waals surface area contributed by atoms with Crippen LogP contribution < -0.4 is 9.47 Å². The zero-order valence-corrected chi connectivity index (χ0v) is 15.4. The van der Waals surface area contributed by atoms with E-state index in [0.29, 0.717) is 19.8 Å². The number of hydrogen-bond acceptors (Lipinski definition) is 4. The maximum absolute atomic E-state index is 6.07. The van der Waals surface area contributed by atoms with Crippen molar-refractivity contribution in [2.45, 2.75) is 39.3 Å². The van der Waals surface area contributed by atoms with E-state index < -0.39 is 0 Å². The van der Waals surface area contributed by atoms with E-state index in [9.17, 15) is 0 Å². The van der Waals surface area contributed by atoms with Crippen LogP contribution in [0.15, 0.2) is 54.6 Å². The molecular formula is C22H26O4. The molecule has 0 spiro atoms. The molecule has 0 unspecified atom stereocenters. The van der Waals surface area contributed by atoms with Gasteiger partial charge in [0.05, 0.1) is 19.3 Å². The molecule has 1 fully saturated rings. The van der Waals surface area contributed by atoms with Gasteiger partial charge in [0.1, 0.15) is 18.1 Å². The monoisotopic (exact) mass is 354 g/mol. The summed E-state index contributed by atoms with van der Waals surface area (Å²) in [5, 5.41) is 0. The molecule has 0 bridgehead atoms. The molecule has 0 atom stereocenters. The van der Waals surface area contributed by atoms with Crippen molar-refractivity contribution in [1.29, 1.82) is 0 Å². The maximum Gasteiger partial charge on any atom is 0.161 e. The molecule has 0 aliphatic carbocycles. The summed E-state index contributed by atoms with van der Waals surface area (Å²) in [5.74, 6) is 1.61. The highest BCUT2D eigenvalue weighted by Crippen LogP contribution is 2.28. The second-order valence-corrected chi connectivity index (χ2v) is 6.45. The molecule has 1 heterocycles. The van der Waals surface area contributed by atoms with Crippen molar-refractivity contribution in [3.63, 3.8) is 0 Å². The minimum Gasteiger partial charge on any atom is -0.491 e. The Morgan fingerprint density at radius 3 is 2.58 bits per heavy atom. The SMILES string of the molecule is CC(C)Oc1ccc(C=CCC2OCCO2)c(OCc2ccccc2)c1. The van der Waals surface area contributed by atoms with Crippen molar-refractivity contribution in [2.75, 3.05) is 13.2 Å². The number of benzene rings is 2. The first-order valence-corrected chi connectivity index (χ1v) is 9.08. The van der Waals surface area contributed by atoms with E-state index in [1.54, 1.807) is 0 Å². The van der Waals surface area contributed by atoms with Gasteiger partial charge in [-0.1, -0.05) is 42.5 Å². The average molecular weight is 354 g/mol. The Bertz CT molecular complexity index is 703. The van der Waals surface area contributed by atoms with Gasteiger partial charge in [0.2, 0.25) is 0 Å². The number of hydrogen-bond donors (Lipinski definition) is 0. The molecule has 0 N–H and O–H groups in total. The molecule has 2 aromatic rings. The van der Waals surface area contributed by atoms with Crippen molar-refractivity contribution in [3.8, 4) is 11.5 Å². The lowest BCUT2D eigenvalue weighted by molar-refractivity contribution is -0.0379. The average Bonchev–Trinajstić information content (AvgIpc) is 3.15. The Morgan fingerprint density at radius 2 is 1.85 bits per heavy atom. The van der Waals surface area contributed by atoms with Crippen LogP contribution in [0.1, 0.15) is 31.4 Å². The van der Waals surface area contributed by atoms with Crippen LogP contribution in [-0.2, 0) is 16.1 Å². The Kier molecular flexibility index (Phi) is 6.69. The summed E-state index contributed by atoms with van der Waals surface area (Å²) in [5.41, 5.74) is 2.14. The predicted molar refractivity (Wildman–Crippen MR) is 102 cm³/mol. The molecular weight excluding hydrogens is 328 g/mol. The lowest BCUT2D eigenvalue weighted by Crippen LogP contribution is -2.06. The van der Waals surface area contributed by atoms with Crippen molar-refractivity contribution in [2.24, 2.45) is 0 Å². The number of ether oxygens (including phenoxy) is 4. The molecule has 4 nitrogen and oxygen atoms in total. The van der Waals surface area contributed by atoms with Crippen LogP contribution in [0, 0.1) is 0 Å². The predicted octanol–water partition coefficient (Wildman–Crippen LogP) is 4.83. The first-order valence-electron chi connectivity index (χ1n) is 9.08. The van der Waals surface area contributed by atoms with Gasteiger partial charge in [0, 0.05) is 18.1 Å². The molecule has 2 aromatic carbocycles. The molecule has 1 saturated heterocycles. The third kappa shape index (κ3) is 5.61. The van der Waals surface area contributed by atoms with Crippen molar-refractivity contribution < 1.29 is 18.9 Å². The van der Waals surface area contributed by atoms with Crippen LogP contribution >= 0.6 is 0 Å². The third-order valence-corrected chi connectivity index (χ3v) is 3.91. The largest absolute Gasteiger partial charge is 0.491 e. The fraction of sp³-hybridized carbons (Fsp3) is 0.364. The van der Waals surface area contributed by atoms with Crippen molar-refractivity contribution >= 4 is 6.08 Å². The van der Waals surface area contributed by atoms with Gasteiger partial charge in [-0.3, -0.25) is 0 Å². The lowest BCUT2D eigenvalue weighted by atomic mass is 10.1. The molecule has 26 heavy (non-hydrogen) atoms. The van der Waals surface area contributed by atoms with Gasteiger partial charge in [-0.25, -0.2) is 0 Å². The van der Waals surface area contributed by atoms with E-state index in [4.69, 9.17) is 18.9 Å². The lowest BCUT2D eigenvalue weighted by Gasteiger charge is -2.14. The molecule has 1 aliphatic rings. The van der Waals surface area contributed by atoms with Gasteiger partial charge in [0.15, 0.2) is 6.29 Å². The highest BCUT2D eigenvalue weighted by atomic mass is 16.7. The fourth-order valence-corrected chi connectivity index (χ4v) is 2.71. The first-order chi connectivity index (χ1) is 12.7.